The van der Waals surface area contributed by atoms with E-state index >= 15 is 0 Å². The number of para-hydroxylation sites is 1. The molecule has 0 aliphatic rings. The quantitative estimate of drug-likeness (QED) is 0.331. The molecule has 0 atom stereocenters. The fourth-order valence-electron chi connectivity index (χ4n) is 2.72. The summed E-state index contributed by atoms with van der Waals surface area (Å²) in [6, 6.07) is 18.8. The standard InChI is InChI=1S/C21H17NO4S/c1-14-10-17(26-22-14)13-27-20-9-5-3-7-18(20)21(23)24-12-16-11-15-6-2-4-8-19(15)25-16/h2-11H,12-13H2,1H3. The molecule has 0 aliphatic heterocycles. The van der Waals surface area contributed by atoms with Crippen molar-refractivity contribution in [3.63, 3.8) is 0 Å². The van der Waals surface area contributed by atoms with E-state index in [0.29, 0.717) is 17.1 Å². The molecule has 27 heavy (non-hydrogen) atoms. The third-order valence-corrected chi connectivity index (χ3v) is 5.07. The molecule has 5 nitrogen and oxygen atoms in total. The molecule has 0 fully saturated rings. The average Bonchev–Trinajstić information content (AvgIpc) is 3.30. The highest BCUT2D eigenvalue weighted by molar-refractivity contribution is 7.98. The number of carbonyl (C=O) groups is 1. The van der Waals surface area contributed by atoms with Crippen molar-refractivity contribution in [3.8, 4) is 0 Å². The number of furan rings is 1. The number of carbonyl (C=O) groups excluding carboxylic acids is 1. The minimum atomic E-state index is -0.382. The highest BCUT2D eigenvalue weighted by Gasteiger charge is 2.15. The monoisotopic (exact) mass is 379 g/mol. The van der Waals surface area contributed by atoms with Crippen molar-refractivity contribution >= 4 is 28.7 Å². The first-order valence-corrected chi connectivity index (χ1v) is 9.46. The van der Waals surface area contributed by atoms with Gasteiger partial charge < -0.3 is 13.7 Å². The Hall–Kier alpha value is -2.99. The number of hydrogen-bond donors (Lipinski definition) is 0. The lowest BCUT2D eigenvalue weighted by molar-refractivity contribution is 0.0443. The Kier molecular flexibility index (Phi) is 4.98. The van der Waals surface area contributed by atoms with Crippen molar-refractivity contribution in [2.45, 2.75) is 24.2 Å². The summed E-state index contributed by atoms with van der Waals surface area (Å²) in [5.74, 6) is 1.59. The molecule has 2 heterocycles. The number of fused-ring (bicyclic) bond motifs is 1. The molecule has 0 aliphatic carbocycles. The minimum absolute atomic E-state index is 0.0911. The number of aryl methyl sites for hydroxylation is 1. The lowest BCUT2D eigenvalue weighted by Gasteiger charge is -2.08. The van der Waals surface area contributed by atoms with E-state index in [0.717, 1.165) is 27.3 Å². The van der Waals surface area contributed by atoms with Crippen molar-refractivity contribution in [3.05, 3.63) is 83.4 Å². The summed E-state index contributed by atoms with van der Waals surface area (Å²) in [5, 5.41) is 4.86. The maximum absolute atomic E-state index is 12.6. The molecule has 0 N–H and O–H groups in total. The SMILES string of the molecule is Cc1cc(CSc2ccccc2C(=O)OCc2cc3ccccc3o2)on1. The first-order chi connectivity index (χ1) is 13.2. The van der Waals surface area contributed by atoms with Crippen LogP contribution in [0.15, 0.2) is 74.5 Å². The second kappa shape index (κ2) is 7.72. The van der Waals surface area contributed by atoms with Crippen LogP contribution in [0.3, 0.4) is 0 Å². The number of esters is 1. The van der Waals surface area contributed by atoms with Crippen molar-refractivity contribution < 1.29 is 18.5 Å². The zero-order chi connectivity index (χ0) is 18.6. The lowest BCUT2D eigenvalue weighted by Crippen LogP contribution is -2.06. The molecular weight excluding hydrogens is 362 g/mol. The summed E-state index contributed by atoms with van der Waals surface area (Å²) in [6.45, 7) is 1.97. The fraction of sp³-hybridized carbons (Fsp3) is 0.143. The van der Waals surface area contributed by atoms with Gasteiger partial charge in [0.2, 0.25) is 0 Å². The molecule has 4 aromatic rings. The Morgan fingerprint density at radius 2 is 1.89 bits per heavy atom. The highest BCUT2D eigenvalue weighted by atomic mass is 32.2. The van der Waals surface area contributed by atoms with Gasteiger partial charge in [0.25, 0.3) is 0 Å². The maximum Gasteiger partial charge on any atom is 0.339 e. The van der Waals surface area contributed by atoms with Gasteiger partial charge in [0.1, 0.15) is 23.7 Å². The van der Waals surface area contributed by atoms with E-state index in [2.05, 4.69) is 5.16 Å². The lowest BCUT2D eigenvalue weighted by atomic mass is 10.2. The molecule has 2 aromatic heterocycles. The summed E-state index contributed by atoms with van der Waals surface area (Å²) in [6.07, 6.45) is 0. The van der Waals surface area contributed by atoms with Crippen LogP contribution in [0.2, 0.25) is 0 Å². The summed E-state index contributed by atoms with van der Waals surface area (Å²) in [5.41, 5.74) is 2.14. The van der Waals surface area contributed by atoms with Gasteiger partial charge in [-0.15, -0.1) is 11.8 Å². The highest BCUT2D eigenvalue weighted by Crippen LogP contribution is 2.27. The largest absolute Gasteiger partial charge is 0.457 e. The molecule has 0 amide bonds. The van der Waals surface area contributed by atoms with Crippen molar-refractivity contribution in [1.82, 2.24) is 5.16 Å². The second-order valence-electron chi connectivity index (χ2n) is 6.05. The van der Waals surface area contributed by atoms with Gasteiger partial charge in [-0.2, -0.15) is 0 Å². The van der Waals surface area contributed by atoms with E-state index in [1.807, 2.05) is 61.5 Å². The Balaban J connectivity index is 1.43. The molecule has 0 unspecified atom stereocenters. The number of rotatable bonds is 6. The van der Waals surface area contributed by atoms with Gasteiger partial charge in [-0.3, -0.25) is 0 Å². The number of benzene rings is 2. The summed E-state index contributed by atoms with van der Waals surface area (Å²) < 4.78 is 16.4. The van der Waals surface area contributed by atoms with Crippen LogP contribution in [0.5, 0.6) is 0 Å². The van der Waals surface area contributed by atoms with E-state index in [1.165, 1.54) is 11.8 Å². The zero-order valence-electron chi connectivity index (χ0n) is 14.7. The first-order valence-electron chi connectivity index (χ1n) is 8.47. The van der Waals surface area contributed by atoms with Crippen LogP contribution in [-0.4, -0.2) is 11.1 Å². The van der Waals surface area contributed by atoms with E-state index in [9.17, 15) is 4.79 Å². The molecule has 6 heteroatoms. The van der Waals surface area contributed by atoms with E-state index < -0.39 is 0 Å². The van der Waals surface area contributed by atoms with Gasteiger partial charge >= 0.3 is 5.97 Å². The topological polar surface area (TPSA) is 65.5 Å². The van der Waals surface area contributed by atoms with Crippen LogP contribution in [0.4, 0.5) is 0 Å². The van der Waals surface area contributed by atoms with E-state index in [1.54, 1.807) is 6.07 Å². The molecule has 136 valence electrons. The summed E-state index contributed by atoms with van der Waals surface area (Å²) in [4.78, 5) is 13.4. The zero-order valence-corrected chi connectivity index (χ0v) is 15.5. The second-order valence-corrected chi connectivity index (χ2v) is 7.06. The summed E-state index contributed by atoms with van der Waals surface area (Å²) in [7, 11) is 0. The average molecular weight is 379 g/mol. The van der Waals surface area contributed by atoms with Gasteiger partial charge in [-0.1, -0.05) is 35.5 Å². The molecule has 0 spiro atoms. The van der Waals surface area contributed by atoms with Crippen LogP contribution in [0.1, 0.15) is 27.6 Å². The van der Waals surface area contributed by atoms with Crippen LogP contribution in [0.25, 0.3) is 11.0 Å². The van der Waals surface area contributed by atoms with E-state index in [-0.39, 0.29) is 12.6 Å². The number of hydrogen-bond acceptors (Lipinski definition) is 6. The minimum Gasteiger partial charge on any atom is -0.457 e. The van der Waals surface area contributed by atoms with Gasteiger partial charge in [0.15, 0.2) is 0 Å². The summed E-state index contributed by atoms with van der Waals surface area (Å²) >= 11 is 1.51. The Bertz CT molecular complexity index is 1050. The predicted octanol–water partition coefficient (Wildman–Crippen LogP) is 5.38. The molecule has 0 saturated carbocycles. The fourth-order valence-corrected chi connectivity index (χ4v) is 3.63. The Morgan fingerprint density at radius 3 is 2.70 bits per heavy atom. The van der Waals surface area contributed by atoms with Crippen molar-refractivity contribution in [2.24, 2.45) is 0 Å². The Labute approximate surface area is 160 Å². The van der Waals surface area contributed by atoms with E-state index in [4.69, 9.17) is 13.7 Å². The smallest absolute Gasteiger partial charge is 0.339 e. The van der Waals surface area contributed by atoms with Gasteiger partial charge in [-0.25, -0.2) is 4.79 Å². The normalized spacial score (nSPS) is 11.0. The first kappa shape index (κ1) is 17.4. The number of ether oxygens (including phenoxy) is 1. The number of aromatic nitrogens is 1. The van der Waals surface area contributed by atoms with Crippen LogP contribution in [0, 0.1) is 6.92 Å². The van der Waals surface area contributed by atoms with Crippen LogP contribution in [-0.2, 0) is 17.1 Å². The molecular formula is C21H17NO4S. The molecule has 4 rings (SSSR count). The van der Waals surface area contributed by atoms with Gasteiger partial charge in [0.05, 0.1) is 17.0 Å². The van der Waals surface area contributed by atoms with Crippen LogP contribution < -0.4 is 0 Å². The molecule has 0 bridgehead atoms. The van der Waals surface area contributed by atoms with Crippen molar-refractivity contribution in [1.29, 1.82) is 0 Å². The van der Waals surface area contributed by atoms with Crippen LogP contribution >= 0.6 is 11.8 Å². The third kappa shape index (κ3) is 4.06. The third-order valence-electron chi connectivity index (χ3n) is 3.98. The number of nitrogens with zero attached hydrogens (tertiary/aromatic N) is 1. The molecule has 0 saturated heterocycles. The van der Waals surface area contributed by atoms with Crippen molar-refractivity contribution in [2.75, 3.05) is 0 Å². The predicted molar refractivity (Wildman–Crippen MR) is 103 cm³/mol. The van der Waals surface area contributed by atoms with Gasteiger partial charge in [-0.05, 0) is 31.2 Å². The molecule has 2 aromatic carbocycles. The maximum atomic E-state index is 12.6. The van der Waals surface area contributed by atoms with Gasteiger partial charge in [0, 0.05) is 16.3 Å². The Morgan fingerprint density at radius 1 is 1.07 bits per heavy atom. The molecule has 0 radical (unpaired) electrons. The number of thioether (sulfide) groups is 1.